The third-order valence-corrected chi connectivity index (χ3v) is 13.1. The van der Waals surface area contributed by atoms with Crippen molar-refractivity contribution in [3.8, 4) is 6.07 Å². The van der Waals surface area contributed by atoms with Crippen molar-refractivity contribution in [2.75, 3.05) is 0 Å². The maximum absolute atomic E-state index is 11.6. The van der Waals surface area contributed by atoms with Crippen LogP contribution in [0.25, 0.3) is 0 Å². The Morgan fingerprint density at radius 2 is 1.79 bits per heavy atom. The van der Waals surface area contributed by atoms with Gasteiger partial charge in [0.05, 0.1) is 23.4 Å². The maximum atomic E-state index is 11.6. The first-order valence-corrected chi connectivity index (χ1v) is 16.1. The lowest BCUT2D eigenvalue weighted by Crippen LogP contribution is -2.44. The van der Waals surface area contributed by atoms with Crippen LogP contribution in [0.5, 0.6) is 0 Å². The van der Waals surface area contributed by atoms with Crippen LogP contribution in [0.3, 0.4) is 0 Å². The summed E-state index contributed by atoms with van der Waals surface area (Å²) >= 11 is 2.42. The fourth-order valence-corrected chi connectivity index (χ4v) is 6.98. The zero-order chi connectivity index (χ0) is 25.6. The summed E-state index contributed by atoms with van der Waals surface area (Å²) in [7, 11) is -2.02. The number of hydrogen-bond donors (Lipinski definition) is 1. The number of aliphatic hydroxyl groups is 1. The number of halogens is 1. The third-order valence-electron chi connectivity index (χ3n) is 7.44. The van der Waals surface area contributed by atoms with Crippen LogP contribution >= 0.6 is 22.6 Å². The van der Waals surface area contributed by atoms with E-state index in [0.717, 1.165) is 44.5 Å². The monoisotopic (exact) mass is 590 g/mol. The van der Waals surface area contributed by atoms with E-state index in [4.69, 9.17) is 14.7 Å². The normalized spacial score (nSPS) is 19.0. The molecule has 6 heteroatoms. The molecule has 0 amide bonds. The Kier molecular flexibility index (Phi) is 7.75. The highest BCUT2D eigenvalue weighted by atomic mass is 127. The highest BCUT2D eigenvalue weighted by molar-refractivity contribution is 14.1. The average Bonchev–Trinajstić information content (AvgIpc) is 2.70. The molecule has 4 nitrogen and oxygen atoms in total. The van der Waals surface area contributed by atoms with Crippen molar-refractivity contribution >= 4 is 30.9 Å². The molecular formula is C28H39IN2O2Si. The summed E-state index contributed by atoms with van der Waals surface area (Å²) in [6.45, 7) is 20.3. The second-order valence-corrected chi connectivity index (χ2v) is 18.1. The van der Waals surface area contributed by atoms with Crippen LogP contribution in [0.15, 0.2) is 24.3 Å². The summed E-state index contributed by atoms with van der Waals surface area (Å²) in [4.78, 5) is 5.21. The van der Waals surface area contributed by atoms with Gasteiger partial charge in [-0.1, -0.05) is 60.6 Å². The summed E-state index contributed by atoms with van der Waals surface area (Å²) < 4.78 is 8.11. The van der Waals surface area contributed by atoms with Gasteiger partial charge < -0.3 is 9.53 Å². The Hall–Kier alpha value is -1.27. The molecule has 0 saturated heterocycles. The molecule has 1 aromatic carbocycles. The Balaban J connectivity index is 2.20. The van der Waals surface area contributed by atoms with Gasteiger partial charge in [-0.3, -0.25) is 4.98 Å². The lowest BCUT2D eigenvalue weighted by Gasteiger charge is -2.44. The number of aromatic nitrogens is 1. The van der Waals surface area contributed by atoms with Crippen molar-refractivity contribution in [1.29, 1.82) is 5.26 Å². The van der Waals surface area contributed by atoms with Gasteiger partial charge in [0.15, 0.2) is 8.32 Å². The highest BCUT2D eigenvalue weighted by Gasteiger charge is 2.44. The van der Waals surface area contributed by atoms with Crippen molar-refractivity contribution in [3.63, 3.8) is 0 Å². The van der Waals surface area contributed by atoms with E-state index in [1.54, 1.807) is 12.1 Å². The molecule has 0 fully saturated rings. The Morgan fingerprint density at radius 3 is 2.29 bits per heavy atom. The molecule has 0 aliphatic heterocycles. The smallest absolute Gasteiger partial charge is 0.192 e. The topological polar surface area (TPSA) is 66.1 Å². The molecule has 0 bridgehead atoms. The summed E-state index contributed by atoms with van der Waals surface area (Å²) in [6.07, 6.45) is 1.01. The number of rotatable bonds is 5. The van der Waals surface area contributed by atoms with E-state index < -0.39 is 14.4 Å². The molecule has 1 heterocycles. The van der Waals surface area contributed by atoms with Gasteiger partial charge in [0.2, 0.25) is 0 Å². The van der Waals surface area contributed by atoms with Gasteiger partial charge in [-0.25, -0.2) is 0 Å². The number of nitrogens with zero attached hydrogens (tertiary/aromatic N) is 2. The number of pyridine rings is 1. The van der Waals surface area contributed by atoms with Gasteiger partial charge in [0.25, 0.3) is 0 Å². The fraction of sp³-hybridized carbons (Fsp3) is 0.571. The van der Waals surface area contributed by atoms with E-state index >= 15 is 0 Å². The van der Waals surface area contributed by atoms with Crippen LogP contribution in [0, 0.1) is 20.3 Å². The molecule has 1 N–H and O–H groups in total. The Labute approximate surface area is 220 Å². The van der Waals surface area contributed by atoms with Crippen LogP contribution < -0.4 is 0 Å². The number of benzene rings is 1. The molecule has 2 aromatic rings. The zero-order valence-electron chi connectivity index (χ0n) is 22.1. The largest absolute Gasteiger partial charge is 0.410 e. The van der Waals surface area contributed by atoms with E-state index in [9.17, 15) is 5.11 Å². The predicted molar refractivity (Wildman–Crippen MR) is 149 cm³/mol. The van der Waals surface area contributed by atoms with Gasteiger partial charge in [-0.15, -0.1) is 0 Å². The van der Waals surface area contributed by atoms with Crippen molar-refractivity contribution in [2.45, 2.75) is 97.6 Å². The number of hydrogen-bond acceptors (Lipinski definition) is 4. The number of nitriles is 1. The van der Waals surface area contributed by atoms with E-state index in [1.165, 1.54) is 0 Å². The second kappa shape index (κ2) is 9.65. The molecule has 1 aromatic heterocycles. The van der Waals surface area contributed by atoms with Crippen molar-refractivity contribution in [2.24, 2.45) is 5.41 Å². The average molecular weight is 591 g/mol. The molecule has 1 aliphatic rings. The molecule has 1 aliphatic carbocycles. The van der Waals surface area contributed by atoms with Crippen LogP contribution in [0.4, 0.5) is 0 Å². The predicted octanol–water partition coefficient (Wildman–Crippen LogP) is 7.80. The molecule has 0 unspecified atom stereocenters. The minimum atomic E-state index is -2.02. The highest BCUT2D eigenvalue weighted by Crippen LogP contribution is 2.50. The van der Waals surface area contributed by atoms with Gasteiger partial charge in [0, 0.05) is 20.4 Å². The minimum absolute atomic E-state index is 0.0350. The Bertz CT molecular complexity index is 1100. The van der Waals surface area contributed by atoms with Crippen LogP contribution in [0.2, 0.25) is 18.1 Å². The first-order chi connectivity index (χ1) is 15.6. The van der Waals surface area contributed by atoms with Crippen molar-refractivity contribution in [1.82, 2.24) is 4.98 Å². The minimum Gasteiger partial charge on any atom is -0.410 e. The van der Waals surface area contributed by atoms with E-state index in [1.807, 2.05) is 12.1 Å². The summed E-state index contributed by atoms with van der Waals surface area (Å²) in [6, 6.07) is 9.36. The van der Waals surface area contributed by atoms with E-state index in [2.05, 4.69) is 90.2 Å². The van der Waals surface area contributed by atoms with Crippen molar-refractivity contribution in [3.05, 3.63) is 61.5 Å². The quantitative estimate of drug-likeness (QED) is 0.285. The van der Waals surface area contributed by atoms with Crippen LogP contribution in [-0.4, -0.2) is 18.4 Å². The lowest BCUT2D eigenvalue weighted by atomic mass is 9.74. The molecule has 2 atom stereocenters. The number of fused-ring (bicyclic) bond motifs is 1. The van der Waals surface area contributed by atoms with Crippen LogP contribution in [-0.2, 0) is 10.8 Å². The first-order valence-electron chi connectivity index (χ1n) is 12.2. The Morgan fingerprint density at radius 1 is 1.21 bits per heavy atom. The molecular weight excluding hydrogens is 551 g/mol. The van der Waals surface area contributed by atoms with Crippen LogP contribution in [0.1, 0.15) is 107 Å². The summed E-state index contributed by atoms with van der Waals surface area (Å²) in [5.74, 6) is 0.173. The van der Waals surface area contributed by atoms with Gasteiger partial charge in [-0.2, -0.15) is 5.26 Å². The second-order valence-electron chi connectivity index (χ2n) is 12.3. The zero-order valence-corrected chi connectivity index (χ0v) is 25.2. The first kappa shape index (κ1) is 27.3. The van der Waals surface area contributed by atoms with E-state index in [0.29, 0.717) is 5.56 Å². The molecule has 0 radical (unpaired) electrons. The molecule has 0 saturated carbocycles. The molecule has 184 valence electrons. The van der Waals surface area contributed by atoms with Gasteiger partial charge >= 0.3 is 0 Å². The standard InChI is InChI=1S/C28H39IN2O2Si/c1-17(2)25-23(26(32)19-12-10-18(16-30)11-13-19)24(29)22-20(31-25)14-28(6,7)15-21(22)33-34(8,9)27(3,4)5/h10-13,17,21,26,32H,14-15H2,1-9H3/t21-,26+/m0/s1. The summed E-state index contributed by atoms with van der Waals surface area (Å²) in [5, 5.41) is 20.8. The van der Waals surface area contributed by atoms with Gasteiger partial charge in [0.1, 0.15) is 6.10 Å². The molecule has 34 heavy (non-hydrogen) atoms. The summed E-state index contributed by atoms with van der Waals surface area (Å²) in [5.41, 5.74) is 5.56. The van der Waals surface area contributed by atoms with Crippen molar-refractivity contribution < 1.29 is 9.53 Å². The lowest BCUT2D eigenvalue weighted by molar-refractivity contribution is 0.104. The molecule has 0 spiro atoms. The molecule has 3 rings (SSSR count). The third kappa shape index (κ3) is 5.43. The maximum Gasteiger partial charge on any atom is 0.192 e. The van der Waals surface area contributed by atoms with Gasteiger partial charge in [-0.05, 0) is 82.6 Å². The SMILES string of the molecule is CC(C)c1nc2c(c(I)c1[C@H](O)c1ccc(C#N)cc1)[C@@H](O[Si](C)(C)C(C)(C)C)CC(C)(C)C2. The number of aliphatic hydroxyl groups excluding tert-OH is 1. The fourth-order valence-electron chi connectivity index (χ4n) is 4.48. The van der Waals surface area contributed by atoms with E-state index in [-0.39, 0.29) is 22.5 Å².